The van der Waals surface area contributed by atoms with Crippen LogP contribution in [-0.2, 0) is 0 Å². The minimum atomic E-state index is 0.518. The van der Waals surface area contributed by atoms with Gasteiger partial charge in [0.15, 0.2) is 5.96 Å². The molecule has 20 heavy (non-hydrogen) atoms. The molecule has 0 atom stereocenters. The highest BCUT2D eigenvalue weighted by Gasteiger charge is 2.13. The number of aliphatic imine (C=N–C) groups is 1. The molecule has 0 spiro atoms. The molecule has 0 saturated heterocycles. The fourth-order valence-corrected chi connectivity index (χ4v) is 2.70. The monoisotopic (exact) mass is 280 g/mol. The Morgan fingerprint density at radius 2 is 1.80 bits per heavy atom. The summed E-state index contributed by atoms with van der Waals surface area (Å²) in [5.41, 5.74) is 0. The summed E-state index contributed by atoms with van der Waals surface area (Å²) in [6.07, 6.45) is 7.81. The highest BCUT2D eigenvalue weighted by atomic mass is 15.2. The van der Waals surface area contributed by atoms with Crippen LogP contribution < -0.4 is 10.6 Å². The van der Waals surface area contributed by atoms with Crippen molar-refractivity contribution in [1.82, 2.24) is 15.5 Å². The molecular weight excluding hydrogens is 248 g/mol. The van der Waals surface area contributed by atoms with Gasteiger partial charge in [0.2, 0.25) is 0 Å². The smallest absolute Gasteiger partial charge is 0.191 e. The molecule has 116 valence electrons. The molecule has 1 aliphatic rings. The molecule has 0 fully saturated rings. The summed E-state index contributed by atoms with van der Waals surface area (Å²) in [5, 5.41) is 6.88. The molecule has 0 unspecified atom stereocenters. The maximum absolute atomic E-state index is 4.29. The maximum atomic E-state index is 4.29. The first-order chi connectivity index (χ1) is 9.54. The van der Waals surface area contributed by atoms with Crippen molar-refractivity contribution in [3.63, 3.8) is 0 Å². The lowest BCUT2D eigenvalue weighted by Gasteiger charge is -2.30. The van der Waals surface area contributed by atoms with Crippen molar-refractivity contribution in [1.29, 1.82) is 0 Å². The van der Waals surface area contributed by atoms with Gasteiger partial charge in [-0.1, -0.05) is 12.2 Å². The zero-order valence-electron chi connectivity index (χ0n) is 13.8. The van der Waals surface area contributed by atoms with E-state index in [2.05, 4.69) is 60.4 Å². The van der Waals surface area contributed by atoms with Gasteiger partial charge in [0.25, 0.3) is 0 Å². The zero-order valence-corrected chi connectivity index (χ0v) is 13.8. The Labute approximate surface area is 124 Å². The van der Waals surface area contributed by atoms with Gasteiger partial charge in [-0.2, -0.15) is 0 Å². The second-order valence-corrected chi connectivity index (χ2v) is 6.06. The van der Waals surface area contributed by atoms with Crippen LogP contribution in [-0.4, -0.2) is 49.1 Å². The van der Waals surface area contributed by atoms with Crippen molar-refractivity contribution in [2.75, 3.05) is 20.1 Å². The van der Waals surface area contributed by atoms with E-state index in [1.807, 2.05) is 7.05 Å². The second-order valence-electron chi connectivity index (χ2n) is 6.06. The molecule has 4 heteroatoms. The first-order valence-corrected chi connectivity index (χ1v) is 7.92. The molecule has 0 amide bonds. The van der Waals surface area contributed by atoms with Crippen LogP contribution in [0.25, 0.3) is 0 Å². The Balaban J connectivity index is 2.21. The maximum Gasteiger partial charge on any atom is 0.191 e. The number of guanidine groups is 1. The van der Waals surface area contributed by atoms with Crippen LogP contribution in [0, 0.1) is 0 Å². The van der Waals surface area contributed by atoms with Gasteiger partial charge in [-0.05, 0) is 47.0 Å². The third kappa shape index (κ3) is 5.95. The predicted octanol–water partition coefficient (Wildman–Crippen LogP) is 2.38. The molecule has 0 bridgehead atoms. The van der Waals surface area contributed by atoms with Crippen molar-refractivity contribution in [2.45, 2.75) is 65.1 Å². The van der Waals surface area contributed by atoms with Gasteiger partial charge >= 0.3 is 0 Å². The van der Waals surface area contributed by atoms with E-state index < -0.39 is 0 Å². The van der Waals surface area contributed by atoms with E-state index in [4.69, 9.17) is 0 Å². The van der Waals surface area contributed by atoms with Crippen molar-refractivity contribution < 1.29 is 0 Å². The fraction of sp³-hybridized carbons (Fsp3) is 0.812. The van der Waals surface area contributed by atoms with Gasteiger partial charge in [-0.3, -0.25) is 9.89 Å². The lowest BCUT2D eigenvalue weighted by Crippen LogP contribution is -2.44. The molecule has 0 aliphatic heterocycles. The van der Waals surface area contributed by atoms with Crippen LogP contribution in [0.3, 0.4) is 0 Å². The Morgan fingerprint density at radius 3 is 2.30 bits per heavy atom. The third-order valence-corrected chi connectivity index (χ3v) is 3.78. The summed E-state index contributed by atoms with van der Waals surface area (Å²) in [6, 6.07) is 1.73. The molecule has 2 N–H and O–H groups in total. The normalized spacial score (nSPS) is 16.7. The van der Waals surface area contributed by atoms with E-state index in [-0.39, 0.29) is 0 Å². The lowest BCUT2D eigenvalue weighted by molar-refractivity contribution is 0.173. The van der Waals surface area contributed by atoms with Crippen LogP contribution in [0.5, 0.6) is 0 Å². The van der Waals surface area contributed by atoms with E-state index in [0.717, 1.165) is 38.3 Å². The Morgan fingerprint density at radius 1 is 1.20 bits per heavy atom. The van der Waals surface area contributed by atoms with Crippen LogP contribution in [0.2, 0.25) is 0 Å². The first-order valence-electron chi connectivity index (χ1n) is 7.92. The second kappa shape index (κ2) is 9.01. The van der Waals surface area contributed by atoms with Gasteiger partial charge in [-0.25, -0.2) is 0 Å². The van der Waals surface area contributed by atoms with Crippen LogP contribution in [0.15, 0.2) is 17.1 Å². The number of hydrogen-bond acceptors (Lipinski definition) is 2. The summed E-state index contributed by atoms with van der Waals surface area (Å²) in [5.74, 6) is 0.930. The summed E-state index contributed by atoms with van der Waals surface area (Å²) in [7, 11) is 1.84. The molecule has 0 radical (unpaired) electrons. The minimum Gasteiger partial charge on any atom is -0.356 e. The van der Waals surface area contributed by atoms with Crippen molar-refractivity contribution in [2.24, 2.45) is 4.99 Å². The number of nitrogens with zero attached hydrogens (tertiary/aromatic N) is 2. The van der Waals surface area contributed by atoms with Crippen LogP contribution in [0.4, 0.5) is 0 Å². The fourth-order valence-electron chi connectivity index (χ4n) is 2.70. The highest BCUT2D eigenvalue weighted by molar-refractivity contribution is 5.80. The SMILES string of the molecule is CN=C(NCCCN(C(C)C)C(C)C)NC1CC=CC1. The average molecular weight is 280 g/mol. The molecule has 0 aromatic rings. The molecule has 0 aromatic heterocycles. The highest BCUT2D eigenvalue weighted by Crippen LogP contribution is 2.08. The third-order valence-electron chi connectivity index (χ3n) is 3.78. The molecule has 1 rings (SSSR count). The van der Waals surface area contributed by atoms with Gasteiger partial charge in [0, 0.05) is 38.3 Å². The Kier molecular flexibility index (Phi) is 7.67. The van der Waals surface area contributed by atoms with E-state index in [1.54, 1.807) is 0 Å². The molecular formula is C16H32N4. The standard InChI is InChI=1S/C16H32N4/c1-13(2)20(14(3)4)12-8-11-18-16(17-5)19-15-9-6-7-10-15/h6-7,13-15H,8-12H2,1-5H3,(H2,17,18,19). The molecule has 4 nitrogen and oxygen atoms in total. The summed E-state index contributed by atoms with van der Waals surface area (Å²) >= 11 is 0. The van der Waals surface area contributed by atoms with Crippen molar-refractivity contribution in [3.8, 4) is 0 Å². The predicted molar refractivity (Wildman–Crippen MR) is 88.3 cm³/mol. The first kappa shape index (κ1) is 17.0. The van der Waals surface area contributed by atoms with Crippen LogP contribution >= 0.6 is 0 Å². The summed E-state index contributed by atoms with van der Waals surface area (Å²) < 4.78 is 0. The van der Waals surface area contributed by atoms with Crippen molar-refractivity contribution in [3.05, 3.63) is 12.2 Å². The summed E-state index contributed by atoms with van der Waals surface area (Å²) in [6.45, 7) is 11.2. The number of nitrogens with one attached hydrogen (secondary N) is 2. The molecule has 1 aliphatic carbocycles. The number of hydrogen-bond donors (Lipinski definition) is 2. The van der Waals surface area contributed by atoms with Gasteiger partial charge in [0.1, 0.15) is 0 Å². The average Bonchev–Trinajstić information content (AvgIpc) is 2.88. The molecule has 0 aromatic carbocycles. The van der Waals surface area contributed by atoms with Gasteiger partial charge in [0.05, 0.1) is 0 Å². The lowest BCUT2D eigenvalue weighted by atomic mass is 10.2. The van der Waals surface area contributed by atoms with Crippen LogP contribution in [0.1, 0.15) is 47.0 Å². The Hall–Kier alpha value is -1.03. The van der Waals surface area contributed by atoms with E-state index in [0.29, 0.717) is 18.1 Å². The quantitative estimate of drug-likeness (QED) is 0.325. The van der Waals surface area contributed by atoms with Crippen molar-refractivity contribution >= 4 is 5.96 Å². The van der Waals surface area contributed by atoms with Gasteiger partial charge < -0.3 is 10.6 Å². The molecule has 0 saturated carbocycles. The Bertz CT molecular complexity index is 304. The molecule has 0 heterocycles. The zero-order chi connectivity index (χ0) is 15.0. The summed E-state index contributed by atoms with van der Waals surface area (Å²) in [4.78, 5) is 6.82. The number of rotatable bonds is 7. The van der Waals surface area contributed by atoms with E-state index >= 15 is 0 Å². The minimum absolute atomic E-state index is 0.518. The van der Waals surface area contributed by atoms with Gasteiger partial charge in [-0.15, -0.1) is 0 Å². The largest absolute Gasteiger partial charge is 0.356 e. The van der Waals surface area contributed by atoms with E-state index in [9.17, 15) is 0 Å². The topological polar surface area (TPSA) is 39.7 Å². The van der Waals surface area contributed by atoms with E-state index in [1.165, 1.54) is 0 Å².